The number of hydrogen-bond donors (Lipinski definition) is 1. The summed E-state index contributed by atoms with van der Waals surface area (Å²) in [5.74, 6) is 0.944. The quantitative estimate of drug-likeness (QED) is 0.431. The zero-order valence-corrected chi connectivity index (χ0v) is 16.2. The molecule has 4 rings (SSSR count). The zero-order chi connectivity index (χ0) is 19.2. The van der Waals surface area contributed by atoms with E-state index in [1.54, 1.807) is 0 Å². The minimum atomic E-state index is 0.574. The monoisotopic (exact) mass is 367 g/mol. The molecule has 4 aromatic rings. The van der Waals surface area contributed by atoms with Crippen molar-refractivity contribution < 1.29 is 4.74 Å². The standard InChI is InChI=1S/C26H25NO/c1-20-11-13-22(14-12-20)19-28-26-16-15-23-9-5-6-10-24(23)25(26)18-27-17-21-7-3-2-4-8-21/h2-16,27H,17-19H2,1H3. The van der Waals surface area contributed by atoms with Gasteiger partial charge in [0.15, 0.2) is 0 Å². The Kier molecular flexibility index (Phi) is 5.69. The van der Waals surface area contributed by atoms with E-state index in [-0.39, 0.29) is 0 Å². The molecule has 140 valence electrons. The van der Waals surface area contributed by atoms with Gasteiger partial charge in [-0.3, -0.25) is 0 Å². The molecule has 0 radical (unpaired) electrons. The molecule has 0 fully saturated rings. The molecular formula is C26H25NO. The van der Waals surface area contributed by atoms with Crippen molar-refractivity contribution in [1.29, 1.82) is 0 Å². The largest absolute Gasteiger partial charge is 0.489 e. The molecule has 2 nitrogen and oxygen atoms in total. The van der Waals surface area contributed by atoms with Gasteiger partial charge in [0.2, 0.25) is 0 Å². The van der Waals surface area contributed by atoms with Crippen LogP contribution in [-0.4, -0.2) is 0 Å². The van der Waals surface area contributed by atoms with E-state index in [0.29, 0.717) is 6.61 Å². The van der Waals surface area contributed by atoms with Crippen molar-refractivity contribution in [2.24, 2.45) is 0 Å². The highest BCUT2D eigenvalue weighted by molar-refractivity contribution is 5.87. The summed E-state index contributed by atoms with van der Waals surface area (Å²) in [6, 6.07) is 31.7. The van der Waals surface area contributed by atoms with Gasteiger partial charge in [0, 0.05) is 18.7 Å². The Bertz CT molecular complexity index is 1040. The molecule has 0 amide bonds. The maximum Gasteiger partial charge on any atom is 0.124 e. The third-order valence-corrected chi connectivity index (χ3v) is 4.99. The number of rotatable bonds is 7. The Morgan fingerprint density at radius 1 is 0.679 bits per heavy atom. The first-order valence-electron chi connectivity index (χ1n) is 9.73. The van der Waals surface area contributed by atoms with Gasteiger partial charge in [-0.1, -0.05) is 90.5 Å². The molecule has 0 aliphatic rings. The zero-order valence-electron chi connectivity index (χ0n) is 16.2. The third kappa shape index (κ3) is 4.41. The van der Waals surface area contributed by atoms with E-state index in [1.165, 1.54) is 33.0 Å². The van der Waals surface area contributed by atoms with Gasteiger partial charge >= 0.3 is 0 Å². The van der Waals surface area contributed by atoms with Gasteiger partial charge in [-0.2, -0.15) is 0 Å². The summed E-state index contributed by atoms with van der Waals surface area (Å²) in [4.78, 5) is 0. The Balaban J connectivity index is 1.54. The normalized spacial score (nSPS) is 10.9. The van der Waals surface area contributed by atoms with Gasteiger partial charge in [-0.15, -0.1) is 0 Å². The molecule has 0 spiro atoms. The fraction of sp³-hybridized carbons (Fsp3) is 0.154. The predicted octanol–water partition coefficient (Wildman–Crippen LogP) is 6.02. The first-order chi connectivity index (χ1) is 13.8. The summed E-state index contributed by atoms with van der Waals surface area (Å²) in [7, 11) is 0. The van der Waals surface area contributed by atoms with E-state index in [1.807, 2.05) is 6.07 Å². The second-order valence-electron chi connectivity index (χ2n) is 7.13. The second kappa shape index (κ2) is 8.73. The Labute approximate surface area is 166 Å². The van der Waals surface area contributed by atoms with Crippen LogP contribution in [0.15, 0.2) is 91.0 Å². The van der Waals surface area contributed by atoms with Crippen molar-refractivity contribution in [3.8, 4) is 5.75 Å². The predicted molar refractivity (Wildman–Crippen MR) is 116 cm³/mol. The fourth-order valence-electron chi connectivity index (χ4n) is 3.41. The van der Waals surface area contributed by atoms with Crippen molar-refractivity contribution in [3.63, 3.8) is 0 Å². The number of benzene rings is 4. The van der Waals surface area contributed by atoms with Crippen LogP contribution in [0.25, 0.3) is 10.8 Å². The molecule has 0 aliphatic heterocycles. The maximum absolute atomic E-state index is 6.23. The van der Waals surface area contributed by atoms with Crippen LogP contribution in [0.2, 0.25) is 0 Å². The second-order valence-corrected chi connectivity index (χ2v) is 7.13. The van der Waals surface area contributed by atoms with Crippen LogP contribution in [0.1, 0.15) is 22.3 Å². The number of ether oxygens (including phenoxy) is 1. The molecule has 0 aromatic heterocycles. The Morgan fingerprint density at radius 2 is 1.43 bits per heavy atom. The molecule has 2 heteroatoms. The topological polar surface area (TPSA) is 21.3 Å². The Hall–Kier alpha value is -3.10. The molecule has 0 atom stereocenters. The lowest BCUT2D eigenvalue weighted by atomic mass is 10.0. The molecule has 0 aliphatic carbocycles. The molecule has 28 heavy (non-hydrogen) atoms. The van der Waals surface area contributed by atoms with Gasteiger partial charge in [0.25, 0.3) is 0 Å². The van der Waals surface area contributed by atoms with Crippen molar-refractivity contribution in [3.05, 3.63) is 113 Å². The van der Waals surface area contributed by atoms with E-state index in [9.17, 15) is 0 Å². The summed E-state index contributed by atoms with van der Waals surface area (Å²) < 4.78 is 6.23. The van der Waals surface area contributed by atoms with Crippen molar-refractivity contribution in [2.75, 3.05) is 0 Å². The molecule has 0 heterocycles. The lowest BCUT2D eigenvalue weighted by Crippen LogP contribution is -2.14. The van der Waals surface area contributed by atoms with Gasteiger partial charge in [-0.25, -0.2) is 0 Å². The third-order valence-electron chi connectivity index (χ3n) is 4.99. The van der Waals surface area contributed by atoms with E-state index in [2.05, 4.69) is 97.2 Å². The van der Waals surface area contributed by atoms with Crippen LogP contribution in [0.3, 0.4) is 0 Å². The van der Waals surface area contributed by atoms with Crippen LogP contribution in [0.4, 0.5) is 0 Å². The van der Waals surface area contributed by atoms with Gasteiger partial charge in [0.1, 0.15) is 12.4 Å². The molecule has 1 N–H and O–H groups in total. The lowest BCUT2D eigenvalue weighted by molar-refractivity contribution is 0.302. The molecule has 0 unspecified atom stereocenters. The highest BCUT2D eigenvalue weighted by Gasteiger charge is 2.09. The van der Waals surface area contributed by atoms with Crippen LogP contribution >= 0.6 is 0 Å². The van der Waals surface area contributed by atoms with Crippen molar-refractivity contribution >= 4 is 10.8 Å². The molecule has 4 aromatic carbocycles. The Morgan fingerprint density at radius 3 is 2.25 bits per heavy atom. The molecule has 0 saturated carbocycles. The summed E-state index contributed by atoms with van der Waals surface area (Å²) in [5, 5.41) is 6.05. The fourth-order valence-corrected chi connectivity index (χ4v) is 3.41. The SMILES string of the molecule is Cc1ccc(COc2ccc3ccccc3c2CNCc2ccccc2)cc1. The molecule has 0 bridgehead atoms. The summed E-state index contributed by atoms with van der Waals surface area (Å²) >= 11 is 0. The van der Waals surface area contributed by atoms with Crippen LogP contribution in [0, 0.1) is 6.92 Å². The summed E-state index contributed by atoms with van der Waals surface area (Å²) in [5.41, 5.74) is 4.94. The lowest BCUT2D eigenvalue weighted by Gasteiger charge is -2.15. The summed E-state index contributed by atoms with van der Waals surface area (Å²) in [6.07, 6.45) is 0. The van der Waals surface area contributed by atoms with Crippen molar-refractivity contribution in [2.45, 2.75) is 26.6 Å². The van der Waals surface area contributed by atoms with Gasteiger partial charge in [0.05, 0.1) is 0 Å². The first-order valence-corrected chi connectivity index (χ1v) is 9.73. The van der Waals surface area contributed by atoms with Crippen LogP contribution in [-0.2, 0) is 19.7 Å². The van der Waals surface area contributed by atoms with E-state index < -0.39 is 0 Å². The van der Waals surface area contributed by atoms with E-state index in [4.69, 9.17) is 4.74 Å². The number of nitrogens with one attached hydrogen (secondary N) is 1. The van der Waals surface area contributed by atoms with E-state index >= 15 is 0 Å². The van der Waals surface area contributed by atoms with Crippen LogP contribution < -0.4 is 10.1 Å². The number of hydrogen-bond acceptors (Lipinski definition) is 2. The highest BCUT2D eigenvalue weighted by atomic mass is 16.5. The minimum Gasteiger partial charge on any atom is -0.489 e. The van der Waals surface area contributed by atoms with Gasteiger partial charge in [-0.05, 0) is 34.9 Å². The van der Waals surface area contributed by atoms with Crippen molar-refractivity contribution in [1.82, 2.24) is 5.32 Å². The number of fused-ring (bicyclic) bond motifs is 1. The highest BCUT2D eigenvalue weighted by Crippen LogP contribution is 2.29. The number of aryl methyl sites for hydroxylation is 1. The minimum absolute atomic E-state index is 0.574. The first kappa shape index (κ1) is 18.3. The molecular weight excluding hydrogens is 342 g/mol. The van der Waals surface area contributed by atoms with Crippen LogP contribution in [0.5, 0.6) is 5.75 Å². The summed E-state index contributed by atoms with van der Waals surface area (Å²) in [6.45, 7) is 4.27. The average Bonchev–Trinajstić information content (AvgIpc) is 2.75. The van der Waals surface area contributed by atoms with E-state index in [0.717, 1.165) is 18.8 Å². The smallest absolute Gasteiger partial charge is 0.124 e. The average molecular weight is 367 g/mol. The maximum atomic E-state index is 6.23. The molecule has 0 saturated heterocycles. The van der Waals surface area contributed by atoms with Gasteiger partial charge < -0.3 is 10.1 Å².